The molecule has 0 N–H and O–H groups in total. The first kappa shape index (κ1) is 14.5. The normalized spacial score (nSPS) is 19.3. The topological polar surface area (TPSA) is 33.2 Å². The third-order valence-corrected chi connectivity index (χ3v) is 5.42. The van der Waals surface area contributed by atoms with Gasteiger partial charge >= 0.3 is 0 Å². The first-order valence-electron chi connectivity index (χ1n) is 7.90. The lowest BCUT2D eigenvalue weighted by atomic mass is 10.0. The minimum absolute atomic E-state index is 0.258. The molecule has 1 atom stereocenters. The summed E-state index contributed by atoms with van der Waals surface area (Å²) in [4.78, 5) is 18.0. The number of hydrogen-bond acceptors (Lipinski definition) is 3. The Kier molecular flexibility index (Phi) is 3.92. The third-order valence-electron chi connectivity index (χ3n) is 4.38. The summed E-state index contributed by atoms with van der Waals surface area (Å²) in [6.45, 7) is 0. The van der Waals surface area contributed by atoms with Crippen LogP contribution in [0.1, 0.15) is 29.7 Å². The molecule has 1 amide bonds. The fourth-order valence-corrected chi connectivity index (χ4v) is 4.04. The number of β-lactam (4-membered cyclic amide) rings is 1. The number of nitrogens with zero attached hydrogens (tertiary/aromatic N) is 2. The van der Waals surface area contributed by atoms with E-state index < -0.39 is 0 Å². The summed E-state index contributed by atoms with van der Waals surface area (Å²) < 4.78 is 0. The van der Waals surface area contributed by atoms with E-state index in [4.69, 9.17) is 0 Å². The van der Waals surface area contributed by atoms with Gasteiger partial charge < -0.3 is 4.90 Å². The molecule has 3 heterocycles. The van der Waals surface area contributed by atoms with Crippen molar-refractivity contribution in [2.24, 2.45) is 0 Å². The standard InChI is InChI=1S/C19H18N2OS/c22-19-11-17-8-9-18(21(17)19)15-6-4-14(5-7-15)12-23-13-16-3-1-2-10-20-16/h1-7,9-10,17H,8,11-13H2/t17-/m1/s1. The largest absolute Gasteiger partial charge is 0.308 e. The molecule has 116 valence electrons. The van der Waals surface area contributed by atoms with Crippen LogP contribution in [-0.2, 0) is 16.3 Å². The van der Waals surface area contributed by atoms with Crippen molar-refractivity contribution in [2.45, 2.75) is 30.4 Å². The molecule has 0 spiro atoms. The van der Waals surface area contributed by atoms with Crippen molar-refractivity contribution >= 4 is 23.4 Å². The van der Waals surface area contributed by atoms with Crippen LogP contribution in [0.4, 0.5) is 0 Å². The number of rotatable bonds is 5. The van der Waals surface area contributed by atoms with Crippen LogP contribution >= 0.6 is 11.8 Å². The number of aromatic nitrogens is 1. The van der Waals surface area contributed by atoms with Gasteiger partial charge in [0, 0.05) is 35.9 Å². The highest BCUT2D eigenvalue weighted by Crippen LogP contribution is 2.38. The maximum absolute atomic E-state index is 11.7. The van der Waals surface area contributed by atoms with E-state index in [0.29, 0.717) is 12.5 Å². The summed E-state index contributed by atoms with van der Waals surface area (Å²) in [7, 11) is 0. The average molecular weight is 322 g/mol. The Morgan fingerprint density at radius 1 is 1.13 bits per heavy atom. The molecule has 4 heteroatoms. The Bertz CT molecular complexity index is 740. The molecule has 1 aromatic heterocycles. The zero-order valence-corrected chi connectivity index (χ0v) is 13.6. The Morgan fingerprint density at radius 2 is 2.00 bits per heavy atom. The van der Waals surface area contributed by atoms with E-state index in [0.717, 1.165) is 34.9 Å². The van der Waals surface area contributed by atoms with Gasteiger partial charge in [-0.05, 0) is 29.7 Å². The second kappa shape index (κ2) is 6.20. The number of carbonyl (C=O) groups is 1. The lowest BCUT2D eigenvalue weighted by molar-refractivity contribution is -0.139. The number of benzene rings is 1. The zero-order chi connectivity index (χ0) is 15.6. The van der Waals surface area contributed by atoms with Crippen molar-refractivity contribution in [3.8, 4) is 0 Å². The van der Waals surface area contributed by atoms with Gasteiger partial charge in [-0.1, -0.05) is 36.4 Å². The summed E-state index contributed by atoms with van der Waals surface area (Å²) in [5.74, 6) is 2.16. The van der Waals surface area contributed by atoms with E-state index in [-0.39, 0.29) is 5.91 Å². The summed E-state index contributed by atoms with van der Waals surface area (Å²) in [6.07, 6.45) is 5.75. The Hall–Kier alpha value is -2.07. The lowest BCUT2D eigenvalue weighted by Gasteiger charge is -2.36. The second-order valence-electron chi connectivity index (χ2n) is 5.96. The molecule has 2 aromatic rings. The van der Waals surface area contributed by atoms with Gasteiger partial charge in [0.2, 0.25) is 5.91 Å². The lowest BCUT2D eigenvalue weighted by Crippen LogP contribution is -2.47. The quantitative estimate of drug-likeness (QED) is 0.784. The van der Waals surface area contributed by atoms with Gasteiger partial charge in [0.25, 0.3) is 0 Å². The van der Waals surface area contributed by atoms with Gasteiger partial charge in [0.05, 0.1) is 5.69 Å². The summed E-state index contributed by atoms with van der Waals surface area (Å²) in [5.41, 5.74) is 4.67. The molecular formula is C19H18N2OS. The van der Waals surface area contributed by atoms with Gasteiger partial charge in [-0.3, -0.25) is 9.78 Å². The van der Waals surface area contributed by atoms with Crippen molar-refractivity contribution in [2.75, 3.05) is 0 Å². The highest BCUT2D eigenvalue weighted by atomic mass is 32.2. The van der Waals surface area contributed by atoms with Crippen LogP contribution in [0.15, 0.2) is 54.7 Å². The molecule has 2 aliphatic heterocycles. The minimum atomic E-state index is 0.258. The van der Waals surface area contributed by atoms with E-state index in [1.165, 1.54) is 5.56 Å². The van der Waals surface area contributed by atoms with Crippen LogP contribution in [0.5, 0.6) is 0 Å². The molecule has 0 saturated carbocycles. The van der Waals surface area contributed by atoms with Crippen LogP contribution < -0.4 is 0 Å². The SMILES string of the molecule is O=C1C[C@H]2CC=C(c3ccc(CSCc4ccccn4)cc3)N12. The van der Waals surface area contributed by atoms with E-state index in [1.807, 2.05) is 35.0 Å². The van der Waals surface area contributed by atoms with Gasteiger partial charge in [0.1, 0.15) is 0 Å². The highest BCUT2D eigenvalue weighted by Gasteiger charge is 2.41. The Balaban J connectivity index is 1.36. The molecule has 23 heavy (non-hydrogen) atoms. The van der Waals surface area contributed by atoms with E-state index in [9.17, 15) is 4.79 Å². The minimum Gasteiger partial charge on any atom is -0.308 e. The van der Waals surface area contributed by atoms with Crippen LogP contribution in [0, 0.1) is 0 Å². The smallest absolute Gasteiger partial charge is 0.229 e. The number of pyridine rings is 1. The van der Waals surface area contributed by atoms with Gasteiger partial charge in [-0.2, -0.15) is 11.8 Å². The number of thioether (sulfide) groups is 1. The Morgan fingerprint density at radius 3 is 2.74 bits per heavy atom. The third kappa shape index (κ3) is 2.91. The van der Waals surface area contributed by atoms with E-state index >= 15 is 0 Å². The molecule has 4 rings (SSSR count). The van der Waals surface area contributed by atoms with Crippen molar-refractivity contribution in [1.29, 1.82) is 0 Å². The predicted molar refractivity (Wildman–Crippen MR) is 93.5 cm³/mol. The molecule has 1 fully saturated rings. The first-order valence-corrected chi connectivity index (χ1v) is 9.06. The number of hydrogen-bond donors (Lipinski definition) is 0. The molecule has 0 radical (unpaired) electrons. The van der Waals surface area contributed by atoms with Crippen LogP contribution in [0.25, 0.3) is 5.70 Å². The van der Waals surface area contributed by atoms with E-state index in [2.05, 4.69) is 41.4 Å². The molecule has 3 nitrogen and oxygen atoms in total. The number of carbonyl (C=O) groups excluding carboxylic acids is 1. The van der Waals surface area contributed by atoms with Crippen molar-refractivity contribution in [1.82, 2.24) is 9.88 Å². The molecule has 1 aromatic carbocycles. The zero-order valence-electron chi connectivity index (χ0n) is 12.8. The molecule has 0 aliphatic carbocycles. The molecule has 2 aliphatic rings. The Labute approximate surface area is 140 Å². The van der Waals surface area contributed by atoms with Crippen molar-refractivity contribution in [3.05, 3.63) is 71.6 Å². The fourth-order valence-electron chi connectivity index (χ4n) is 3.13. The van der Waals surface area contributed by atoms with Crippen molar-refractivity contribution in [3.63, 3.8) is 0 Å². The summed E-state index contributed by atoms with van der Waals surface area (Å²) in [6, 6.07) is 15.1. The fraction of sp³-hybridized carbons (Fsp3) is 0.263. The van der Waals surface area contributed by atoms with Gasteiger partial charge in [-0.25, -0.2) is 0 Å². The van der Waals surface area contributed by atoms with Crippen LogP contribution in [0.2, 0.25) is 0 Å². The second-order valence-corrected chi connectivity index (χ2v) is 6.94. The molecule has 1 saturated heterocycles. The monoisotopic (exact) mass is 322 g/mol. The summed E-state index contributed by atoms with van der Waals surface area (Å²) in [5, 5.41) is 0. The molecule has 0 bridgehead atoms. The maximum atomic E-state index is 11.7. The maximum Gasteiger partial charge on any atom is 0.229 e. The van der Waals surface area contributed by atoms with Crippen LogP contribution in [-0.4, -0.2) is 21.8 Å². The van der Waals surface area contributed by atoms with E-state index in [1.54, 1.807) is 0 Å². The summed E-state index contributed by atoms with van der Waals surface area (Å²) >= 11 is 1.87. The molecule has 0 unspecified atom stereocenters. The first-order chi connectivity index (χ1) is 11.3. The molecular weight excluding hydrogens is 304 g/mol. The van der Waals surface area contributed by atoms with Gasteiger partial charge in [0.15, 0.2) is 0 Å². The predicted octanol–water partition coefficient (Wildman–Crippen LogP) is 3.86. The van der Waals surface area contributed by atoms with Crippen molar-refractivity contribution < 1.29 is 4.79 Å². The van der Waals surface area contributed by atoms with Crippen LogP contribution in [0.3, 0.4) is 0 Å². The number of fused-ring (bicyclic) bond motifs is 1. The average Bonchev–Trinajstić information content (AvgIpc) is 2.93. The number of amides is 1. The highest BCUT2D eigenvalue weighted by molar-refractivity contribution is 7.97. The van der Waals surface area contributed by atoms with Gasteiger partial charge in [-0.15, -0.1) is 0 Å².